The van der Waals surface area contributed by atoms with Crippen LogP contribution in [0.5, 0.6) is 0 Å². The maximum absolute atomic E-state index is 14.5. The van der Waals surface area contributed by atoms with E-state index in [9.17, 15) is 26.8 Å². The van der Waals surface area contributed by atoms with E-state index in [4.69, 9.17) is 0 Å². The summed E-state index contributed by atoms with van der Waals surface area (Å²) in [7, 11) is -5.48. The zero-order valence-corrected chi connectivity index (χ0v) is 14.5. The maximum Gasteiger partial charge on any atom is 0.372 e. The Morgan fingerprint density at radius 3 is 2.19 bits per heavy atom. The summed E-state index contributed by atoms with van der Waals surface area (Å²) in [6.07, 6.45) is 2.44. The van der Waals surface area contributed by atoms with Crippen LogP contribution in [0.4, 0.5) is 8.78 Å². The van der Waals surface area contributed by atoms with Gasteiger partial charge in [0.25, 0.3) is 11.8 Å². The summed E-state index contributed by atoms with van der Waals surface area (Å²) in [6.45, 7) is 0. The average molecular weight is 385 g/mol. The molecule has 3 atom stereocenters. The number of carbonyl (C=O) groups excluding carboxylic acids is 2. The Kier molecular flexibility index (Phi) is 3.92. The highest BCUT2D eigenvalue weighted by atomic mass is 32.2. The molecule has 0 saturated heterocycles. The predicted octanol–water partition coefficient (Wildman–Crippen LogP) is 2.96. The molecule has 0 aromatic heterocycles. The monoisotopic (exact) mass is 385 g/mol. The number of carbonyl (C=O) groups is 2. The van der Waals surface area contributed by atoms with Gasteiger partial charge in [-0.25, -0.2) is 0 Å². The van der Waals surface area contributed by atoms with Gasteiger partial charge in [-0.3, -0.25) is 9.59 Å². The molecular weight excluding hydrogens is 368 g/mol. The van der Waals surface area contributed by atoms with Crippen molar-refractivity contribution in [1.29, 1.82) is 0 Å². The molecule has 26 heavy (non-hydrogen) atoms. The van der Waals surface area contributed by atoms with Gasteiger partial charge in [0.05, 0.1) is 11.1 Å². The van der Waals surface area contributed by atoms with Crippen LogP contribution in [0.25, 0.3) is 0 Å². The van der Waals surface area contributed by atoms with Gasteiger partial charge in [-0.05, 0) is 49.1 Å². The van der Waals surface area contributed by atoms with Gasteiger partial charge in [-0.15, -0.1) is 9.35 Å². The quantitative estimate of drug-likeness (QED) is 0.728. The van der Waals surface area contributed by atoms with Crippen LogP contribution < -0.4 is 0 Å². The van der Waals surface area contributed by atoms with Crippen molar-refractivity contribution in [3.8, 4) is 0 Å². The molecular formula is C17H17F2NO5S. The van der Waals surface area contributed by atoms with Crippen molar-refractivity contribution in [3.05, 3.63) is 35.4 Å². The Bertz CT molecular complexity index is 850. The van der Waals surface area contributed by atoms with Crippen LogP contribution in [0.1, 0.15) is 52.8 Å². The van der Waals surface area contributed by atoms with Crippen LogP contribution in [0, 0.1) is 17.8 Å². The molecule has 1 aromatic rings. The molecule has 2 fully saturated rings. The van der Waals surface area contributed by atoms with Crippen LogP contribution in [-0.4, -0.2) is 30.5 Å². The molecule has 0 N–H and O–H groups in total. The minimum Gasteiger partial charge on any atom is -0.266 e. The van der Waals surface area contributed by atoms with E-state index in [1.165, 1.54) is 24.3 Å². The molecule has 2 bridgehead atoms. The molecule has 1 heterocycles. The zero-order chi connectivity index (χ0) is 18.7. The molecule has 6 nitrogen and oxygen atoms in total. The average Bonchev–Trinajstić information content (AvgIpc) is 3.25. The van der Waals surface area contributed by atoms with Crippen LogP contribution in [0.15, 0.2) is 24.3 Å². The smallest absolute Gasteiger partial charge is 0.266 e. The highest BCUT2D eigenvalue weighted by Crippen LogP contribution is 2.52. The van der Waals surface area contributed by atoms with E-state index < -0.39 is 33.6 Å². The van der Waals surface area contributed by atoms with Crippen molar-refractivity contribution >= 4 is 21.9 Å². The number of benzene rings is 1. The molecule has 0 radical (unpaired) electrons. The lowest BCUT2D eigenvalue weighted by atomic mass is 9.86. The largest absolute Gasteiger partial charge is 0.372 e. The van der Waals surface area contributed by atoms with E-state index in [-0.39, 0.29) is 28.0 Å². The first kappa shape index (κ1) is 17.5. The lowest BCUT2D eigenvalue weighted by Gasteiger charge is -2.26. The number of rotatable bonds is 5. The number of imide groups is 1. The first-order valence-corrected chi connectivity index (χ1v) is 9.90. The fourth-order valence-electron chi connectivity index (χ4n) is 4.42. The topological polar surface area (TPSA) is 80.8 Å². The second kappa shape index (κ2) is 5.82. The molecule has 9 heteroatoms. The minimum atomic E-state index is -5.48. The highest BCUT2D eigenvalue weighted by Gasteiger charge is 2.54. The molecule has 4 rings (SSSR count). The highest BCUT2D eigenvalue weighted by molar-refractivity contribution is 7.87. The number of nitrogens with zero attached hydrogens (tertiary/aromatic N) is 1. The van der Waals surface area contributed by atoms with E-state index in [2.05, 4.69) is 4.28 Å². The predicted molar refractivity (Wildman–Crippen MR) is 85.4 cm³/mol. The molecule has 140 valence electrons. The Labute approximate surface area is 149 Å². The lowest BCUT2D eigenvalue weighted by Crippen LogP contribution is -2.41. The fraction of sp³-hybridized carbons (Fsp3) is 0.529. The van der Waals surface area contributed by atoms with Crippen molar-refractivity contribution in [2.75, 3.05) is 0 Å². The van der Waals surface area contributed by atoms with E-state index >= 15 is 0 Å². The molecule has 0 spiro atoms. The lowest BCUT2D eigenvalue weighted by molar-refractivity contribution is -0.0297. The third-order valence-electron chi connectivity index (χ3n) is 5.68. The Hall–Kier alpha value is -1.87. The van der Waals surface area contributed by atoms with Crippen LogP contribution >= 0.6 is 0 Å². The van der Waals surface area contributed by atoms with Crippen molar-refractivity contribution in [3.63, 3.8) is 0 Å². The Morgan fingerprint density at radius 1 is 1.08 bits per heavy atom. The Balaban J connectivity index is 1.52. The van der Waals surface area contributed by atoms with Crippen LogP contribution in [0.2, 0.25) is 0 Å². The number of halogens is 2. The summed E-state index contributed by atoms with van der Waals surface area (Å²) in [6, 6.07) is 5.56. The first-order chi connectivity index (χ1) is 12.2. The summed E-state index contributed by atoms with van der Waals surface area (Å²) in [5.41, 5.74) is -0.159. The summed E-state index contributed by atoms with van der Waals surface area (Å²) in [5.74, 6) is -2.01. The molecule has 3 aliphatic rings. The molecule has 2 saturated carbocycles. The van der Waals surface area contributed by atoms with Gasteiger partial charge < -0.3 is 0 Å². The number of hydrogen-bond donors (Lipinski definition) is 0. The number of hydroxylamine groups is 2. The van der Waals surface area contributed by atoms with Crippen molar-refractivity contribution in [2.45, 2.75) is 37.4 Å². The van der Waals surface area contributed by atoms with Gasteiger partial charge in [0.15, 0.2) is 0 Å². The van der Waals surface area contributed by atoms with E-state index in [1.54, 1.807) is 0 Å². The van der Waals surface area contributed by atoms with E-state index in [0.717, 1.165) is 19.3 Å². The number of hydrogen-bond acceptors (Lipinski definition) is 5. The molecule has 2 aliphatic carbocycles. The van der Waals surface area contributed by atoms with Crippen molar-refractivity contribution < 1.29 is 31.1 Å². The Morgan fingerprint density at radius 2 is 1.69 bits per heavy atom. The SMILES string of the molecule is O=C1c2ccccc2C(=O)N1OS(=O)(=O)C(F)(F)CC1CC2CCC1C2. The normalized spacial score (nSPS) is 28.1. The van der Waals surface area contributed by atoms with Crippen molar-refractivity contribution in [2.24, 2.45) is 17.8 Å². The van der Waals surface area contributed by atoms with Gasteiger partial charge in [0, 0.05) is 6.42 Å². The number of fused-ring (bicyclic) bond motifs is 3. The van der Waals surface area contributed by atoms with Crippen molar-refractivity contribution in [1.82, 2.24) is 5.06 Å². The van der Waals surface area contributed by atoms with Gasteiger partial charge in [-0.1, -0.05) is 18.6 Å². The standard InChI is InChI=1S/C17H17F2NO5S/c18-17(19,9-12-8-10-5-6-11(12)7-10)26(23,24)25-20-15(21)13-3-1-2-4-14(13)16(20)22/h1-4,10-12H,5-9H2. The minimum absolute atomic E-state index is 0.0795. The van der Waals surface area contributed by atoms with E-state index in [1.807, 2.05) is 0 Å². The fourth-order valence-corrected chi connectivity index (χ4v) is 5.28. The summed E-state index contributed by atoms with van der Waals surface area (Å²) < 4.78 is 57.5. The maximum atomic E-state index is 14.5. The van der Waals surface area contributed by atoms with Gasteiger partial charge in [-0.2, -0.15) is 17.2 Å². The number of amides is 2. The summed E-state index contributed by atoms with van der Waals surface area (Å²) in [5, 5.41) is -4.26. The molecule has 1 aromatic carbocycles. The third kappa shape index (κ3) is 2.64. The molecule has 1 aliphatic heterocycles. The second-order valence-electron chi connectivity index (χ2n) is 7.26. The summed E-state index contributed by atoms with van der Waals surface area (Å²) >= 11 is 0. The van der Waals surface area contributed by atoms with Gasteiger partial charge in [0.2, 0.25) is 0 Å². The van der Waals surface area contributed by atoms with Gasteiger partial charge in [0.1, 0.15) is 0 Å². The summed E-state index contributed by atoms with van der Waals surface area (Å²) in [4.78, 5) is 24.3. The molecule has 3 unspecified atom stereocenters. The van der Waals surface area contributed by atoms with Crippen LogP contribution in [-0.2, 0) is 14.4 Å². The van der Waals surface area contributed by atoms with Gasteiger partial charge >= 0.3 is 15.4 Å². The van der Waals surface area contributed by atoms with Crippen LogP contribution in [0.3, 0.4) is 0 Å². The second-order valence-corrected chi connectivity index (χ2v) is 8.91. The third-order valence-corrected chi connectivity index (χ3v) is 6.92. The first-order valence-electron chi connectivity index (χ1n) is 8.49. The number of alkyl halides is 2. The van der Waals surface area contributed by atoms with E-state index in [0.29, 0.717) is 12.3 Å². The molecule has 2 amide bonds. The zero-order valence-electron chi connectivity index (χ0n) is 13.7.